The predicted octanol–water partition coefficient (Wildman–Crippen LogP) is 3.49. The van der Waals surface area contributed by atoms with E-state index in [2.05, 4.69) is 0 Å². The van der Waals surface area contributed by atoms with Crippen LogP contribution in [0.5, 0.6) is 5.75 Å². The van der Waals surface area contributed by atoms with E-state index in [1.165, 1.54) is 12.3 Å². The van der Waals surface area contributed by atoms with Crippen LogP contribution in [0.1, 0.15) is 23.0 Å². The number of benzene rings is 2. The number of ether oxygens (including phenoxy) is 1. The van der Waals surface area contributed by atoms with Crippen molar-refractivity contribution in [3.05, 3.63) is 100 Å². The summed E-state index contributed by atoms with van der Waals surface area (Å²) in [5.41, 5.74) is 1.46. The lowest BCUT2D eigenvalue weighted by Gasteiger charge is -2.13. The summed E-state index contributed by atoms with van der Waals surface area (Å²) in [5, 5.41) is 10.4. The summed E-state index contributed by atoms with van der Waals surface area (Å²) < 4.78 is 11.1. The van der Waals surface area contributed by atoms with Gasteiger partial charge in [-0.25, -0.2) is 0 Å². The highest BCUT2D eigenvalue weighted by atomic mass is 16.5. The molecule has 4 heteroatoms. The second-order valence-corrected chi connectivity index (χ2v) is 5.44. The van der Waals surface area contributed by atoms with E-state index in [1.54, 1.807) is 0 Å². The molecule has 4 nitrogen and oxygen atoms in total. The lowest BCUT2D eigenvalue weighted by Crippen LogP contribution is -2.12. The molecule has 0 aliphatic rings. The predicted molar refractivity (Wildman–Crippen MR) is 90.9 cm³/mol. The average molecular weight is 322 g/mol. The summed E-state index contributed by atoms with van der Waals surface area (Å²) in [6.07, 6.45) is 0.727. The first kappa shape index (κ1) is 16.0. The van der Waals surface area contributed by atoms with Gasteiger partial charge in [0.25, 0.3) is 0 Å². The zero-order valence-corrected chi connectivity index (χ0v) is 13.1. The molecule has 1 atom stereocenters. The van der Waals surface area contributed by atoms with Crippen molar-refractivity contribution in [3.8, 4) is 5.75 Å². The number of aliphatic hydroxyl groups excluding tert-OH is 1. The standard InChI is InChI=1S/C20H18O4/c21-17-11-12-23-19(13-18(22)16-9-5-2-6-10-16)20(17)24-14-15-7-3-1-4-8-15/h1-12,18,22H,13-14H2/t18-/m0/s1. The molecule has 0 aliphatic heterocycles. The minimum absolute atomic E-state index is 0.149. The van der Waals surface area contributed by atoms with Gasteiger partial charge in [-0.1, -0.05) is 60.7 Å². The molecule has 1 N–H and O–H groups in total. The molecule has 1 aromatic heterocycles. The molecule has 1 heterocycles. The Bertz CT molecular complexity index is 825. The molecule has 0 radical (unpaired) electrons. The molecule has 2 aromatic carbocycles. The highest BCUT2D eigenvalue weighted by Gasteiger charge is 2.17. The quantitative estimate of drug-likeness (QED) is 0.754. The maximum Gasteiger partial charge on any atom is 0.227 e. The molecule has 0 amide bonds. The summed E-state index contributed by atoms with van der Waals surface area (Å²) in [6.45, 7) is 0.268. The molecule has 0 saturated carbocycles. The van der Waals surface area contributed by atoms with Crippen LogP contribution in [0.15, 0.2) is 82.2 Å². The van der Waals surface area contributed by atoms with Crippen molar-refractivity contribution in [2.75, 3.05) is 0 Å². The Balaban J connectivity index is 1.78. The molecule has 0 aliphatic carbocycles. The first-order chi connectivity index (χ1) is 11.7. The van der Waals surface area contributed by atoms with E-state index < -0.39 is 6.10 Å². The van der Waals surface area contributed by atoms with Gasteiger partial charge in [-0.3, -0.25) is 4.79 Å². The van der Waals surface area contributed by atoms with Gasteiger partial charge in [0.2, 0.25) is 11.2 Å². The zero-order chi connectivity index (χ0) is 16.8. The first-order valence-electron chi connectivity index (χ1n) is 7.74. The van der Waals surface area contributed by atoms with Gasteiger partial charge in [0.1, 0.15) is 6.61 Å². The molecular formula is C20H18O4. The minimum atomic E-state index is -0.768. The van der Waals surface area contributed by atoms with Gasteiger partial charge in [-0.05, 0) is 11.1 Å². The summed E-state index contributed by atoms with van der Waals surface area (Å²) in [4.78, 5) is 12.1. The summed E-state index contributed by atoms with van der Waals surface area (Å²) in [5.74, 6) is 0.492. The van der Waals surface area contributed by atoms with Crippen LogP contribution in [0.25, 0.3) is 0 Å². The van der Waals surface area contributed by atoms with Crippen LogP contribution >= 0.6 is 0 Å². The van der Waals surface area contributed by atoms with E-state index in [0.717, 1.165) is 11.1 Å². The summed E-state index contributed by atoms with van der Waals surface area (Å²) in [7, 11) is 0. The average Bonchev–Trinajstić information content (AvgIpc) is 2.63. The summed E-state index contributed by atoms with van der Waals surface area (Å²) in [6, 6.07) is 20.1. The van der Waals surface area contributed by atoms with Crippen molar-refractivity contribution in [1.29, 1.82) is 0 Å². The van der Waals surface area contributed by atoms with Crippen LogP contribution in [0.4, 0.5) is 0 Å². The Kier molecular flexibility index (Phi) is 5.08. The third-order valence-electron chi connectivity index (χ3n) is 3.70. The topological polar surface area (TPSA) is 59.7 Å². The van der Waals surface area contributed by atoms with Crippen molar-refractivity contribution in [2.45, 2.75) is 19.1 Å². The molecule has 3 aromatic rings. The number of hydrogen-bond acceptors (Lipinski definition) is 4. The second-order valence-electron chi connectivity index (χ2n) is 5.44. The van der Waals surface area contributed by atoms with Gasteiger partial charge in [-0.2, -0.15) is 0 Å². The molecule has 0 saturated heterocycles. The largest absolute Gasteiger partial charge is 0.482 e. The Hall–Kier alpha value is -2.85. The highest BCUT2D eigenvalue weighted by molar-refractivity contribution is 5.28. The fourth-order valence-electron chi connectivity index (χ4n) is 2.44. The van der Waals surface area contributed by atoms with Gasteiger partial charge >= 0.3 is 0 Å². The fraction of sp³-hybridized carbons (Fsp3) is 0.150. The second kappa shape index (κ2) is 7.62. The van der Waals surface area contributed by atoms with Crippen molar-refractivity contribution in [1.82, 2.24) is 0 Å². The van der Waals surface area contributed by atoms with Crippen molar-refractivity contribution >= 4 is 0 Å². The molecule has 24 heavy (non-hydrogen) atoms. The zero-order valence-electron chi connectivity index (χ0n) is 13.1. The Labute approximate surface area is 140 Å². The van der Waals surface area contributed by atoms with E-state index in [1.807, 2.05) is 60.7 Å². The highest BCUT2D eigenvalue weighted by Crippen LogP contribution is 2.23. The van der Waals surface area contributed by atoms with E-state index in [0.29, 0.717) is 5.76 Å². The van der Waals surface area contributed by atoms with Gasteiger partial charge in [0.05, 0.1) is 12.4 Å². The van der Waals surface area contributed by atoms with Gasteiger partial charge in [0.15, 0.2) is 5.76 Å². The molecule has 0 spiro atoms. The Morgan fingerprint density at radius 1 is 0.958 bits per heavy atom. The molecular weight excluding hydrogens is 304 g/mol. The van der Waals surface area contributed by atoms with Crippen LogP contribution in [0.3, 0.4) is 0 Å². The maximum absolute atomic E-state index is 12.1. The van der Waals surface area contributed by atoms with Gasteiger partial charge in [0, 0.05) is 12.5 Å². The normalized spacial score (nSPS) is 11.9. The van der Waals surface area contributed by atoms with Crippen LogP contribution in [-0.4, -0.2) is 5.11 Å². The Morgan fingerprint density at radius 2 is 1.62 bits per heavy atom. The lowest BCUT2D eigenvalue weighted by molar-refractivity contribution is 0.165. The van der Waals surface area contributed by atoms with Crippen LogP contribution in [0.2, 0.25) is 0 Å². The van der Waals surface area contributed by atoms with E-state index in [9.17, 15) is 9.90 Å². The van der Waals surface area contributed by atoms with E-state index >= 15 is 0 Å². The number of hydrogen-bond donors (Lipinski definition) is 1. The van der Waals surface area contributed by atoms with Crippen LogP contribution in [0, 0.1) is 0 Å². The minimum Gasteiger partial charge on any atom is -0.482 e. The van der Waals surface area contributed by atoms with Crippen LogP contribution in [-0.2, 0) is 13.0 Å². The smallest absolute Gasteiger partial charge is 0.227 e. The molecule has 0 bridgehead atoms. The van der Waals surface area contributed by atoms with Gasteiger partial charge < -0.3 is 14.3 Å². The molecule has 122 valence electrons. The Morgan fingerprint density at radius 3 is 2.33 bits per heavy atom. The number of rotatable bonds is 6. The van der Waals surface area contributed by atoms with Crippen molar-refractivity contribution in [2.24, 2.45) is 0 Å². The maximum atomic E-state index is 12.1. The van der Waals surface area contributed by atoms with Crippen molar-refractivity contribution in [3.63, 3.8) is 0 Å². The van der Waals surface area contributed by atoms with E-state index in [4.69, 9.17) is 9.15 Å². The third-order valence-corrected chi connectivity index (χ3v) is 3.70. The molecule has 0 unspecified atom stereocenters. The third kappa shape index (κ3) is 3.91. The lowest BCUT2D eigenvalue weighted by atomic mass is 10.0. The SMILES string of the molecule is O=c1ccoc(C[C@H](O)c2ccccc2)c1OCc1ccccc1. The monoisotopic (exact) mass is 322 g/mol. The summed E-state index contributed by atoms with van der Waals surface area (Å²) >= 11 is 0. The number of aliphatic hydroxyl groups is 1. The molecule has 0 fully saturated rings. The first-order valence-corrected chi connectivity index (χ1v) is 7.74. The van der Waals surface area contributed by atoms with Gasteiger partial charge in [-0.15, -0.1) is 0 Å². The van der Waals surface area contributed by atoms with Crippen LogP contribution < -0.4 is 10.2 Å². The fourth-order valence-corrected chi connectivity index (χ4v) is 2.44. The van der Waals surface area contributed by atoms with E-state index in [-0.39, 0.29) is 24.2 Å². The van der Waals surface area contributed by atoms with Crippen molar-refractivity contribution < 1.29 is 14.3 Å². The molecule has 3 rings (SSSR count).